The van der Waals surface area contributed by atoms with Crippen LogP contribution in [0.25, 0.3) is 10.9 Å². The first-order chi connectivity index (χ1) is 13.0. The maximum Gasteiger partial charge on any atom is 0.248 e. The Hall–Kier alpha value is -1.99. The molecule has 0 saturated carbocycles. The van der Waals surface area contributed by atoms with Crippen LogP contribution in [0.15, 0.2) is 54.4 Å². The molecule has 27 heavy (non-hydrogen) atoms. The summed E-state index contributed by atoms with van der Waals surface area (Å²) in [6, 6.07) is 7.12. The monoisotopic (exact) mass is 402 g/mol. The Kier molecular flexibility index (Phi) is 4.68. The van der Waals surface area contributed by atoms with Crippen molar-refractivity contribution in [2.45, 2.75) is 18.1 Å². The van der Waals surface area contributed by atoms with Gasteiger partial charge in [-0.05, 0) is 31.6 Å². The molecular formula is C20H22N2O3S2. The molecule has 0 amide bonds. The van der Waals surface area contributed by atoms with E-state index in [4.69, 9.17) is 0 Å². The molecule has 1 aliphatic heterocycles. The van der Waals surface area contributed by atoms with Crippen LogP contribution >= 0.6 is 11.8 Å². The normalized spacial score (nSPS) is 23.4. The number of para-hydroxylation sites is 1. The average Bonchev–Trinajstić information content (AvgIpc) is 3.08. The van der Waals surface area contributed by atoms with Gasteiger partial charge in [0.05, 0.1) is 5.52 Å². The van der Waals surface area contributed by atoms with Crippen molar-refractivity contribution in [3.05, 3.63) is 60.0 Å². The minimum Gasteiger partial charge on any atom is -0.370 e. The highest BCUT2D eigenvalue weighted by Crippen LogP contribution is 2.35. The van der Waals surface area contributed by atoms with Crippen LogP contribution in [0, 0.1) is 0 Å². The summed E-state index contributed by atoms with van der Waals surface area (Å²) in [5.41, 5.74) is 1.90. The first kappa shape index (κ1) is 18.4. The van der Waals surface area contributed by atoms with E-state index in [1.54, 1.807) is 25.1 Å². The van der Waals surface area contributed by atoms with E-state index < -0.39 is 14.8 Å². The second kappa shape index (κ2) is 6.87. The summed E-state index contributed by atoms with van der Waals surface area (Å²) in [4.78, 5) is 13.7. The molecule has 142 valence electrons. The van der Waals surface area contributed by atoms with Crippen LogP contribution in [0.3, 0.4) is 0 Å². The quantitative estimate of drug-likeness (QED) is 0.735. The largest absolute Gasteiger partial charge is 0.370 e. The van der Waals surface area contributed by atoms with E-state index >= 15 is 0 Å². The molecule has 1 aromatic carbocycles. The number of hydrogen-bond donors (Lipinski definition) is 0. The highest BCUT2D eigenvalue weighted by atomic mass is 32.2. The minimum absolute atomic E-state index is 0.390. The van der Waals surface area contributed by atoms with E-state index in [1.165, 1.54) is 10.2 Å². The number of aldehydes is 1. The van der Waals surface area contributed by atoms with Gasteiger partial charge < -0.3 is 4.90 Å². The van der Waals surface area contributed by atoms with Gasteiger partial charge in [-0.2, -0.15) is 11.8 Å². The lowest BCUT2D eigenvalue weighted by atomic mass is 9.99. The van der Waals surface area contributed by atoms with E-state index in [0.29, 0.717) is 29.2 Å². The summed E-state index contributed by atoms with van der Waals surface area (Å²) in [5.74, 6) is 2.11. The fraction of sp³-hybridized carbons (Fsp3) is 0.350. The van der Waals surface area contributed by atoms with Gasteiger partial charge >= 0.3 is 0 Å². The van der Waals surface area contributed by atoms with Crippen molar-refractivity contribution in [2.24, 2.45) is 0 Å². The number of allylic oxidation sites excluding steroid dienone is 2. The second-order valence-electron chi connectivity index (χ2n) is 7.11. The Bertz CT molecular complexity index is 1050. The number of hydrogen-bond acceptors (Lipinski definition) is 5. The van der Waals surface area contributed by atoms with Crippen molar-refractivity contribution >= 4 is 39.0 Å². The van der Waals surface area contributed by atoms with Gasteiger partial charge in [-0.1, -0.05) is 24.3 Å². The lowest BCUT2D eigenvalue weighted by Gasteiger charge is -2.35. The molecule has 5 nitrogen and oxygen atoms in total. The molecule has 0 N–H and O–H groups in total. The lowest BCUT2D eigenvalue weighted by molar-refractivity contribution is 0.112. The van der Waals surface area contributed by atoms with Gasteiger partial charge in [0.15, 0.2) is 6.29 Å². The van der Waals surface area contributed by atoms with Gasteiger partial charge in [-0.15, -0.1) is 0 Å². The maximum atomic E-state index is 13.6. The van der Waals surface area contributed by atoms with Crippen molar-refractivity contribution < 1.29 is 13.2 Å². The summed E-state index contributed by atoms with van der Waals surface area (Å²) < 4.78 is 27.5. The smallest absolute Gasteiger partial charge is 0.248 e. The Balaban J connectivity index is 1.81. The van der Waals surface area contributed by atoms with Gasteiger partial charge in [-0.25, -0.2) is 12.4 Å². The molecule has 1 atom stereocenters. The molecule has 2 aromatic rings. The van der Waals surface area contributed by atoms with Crippen LogP contribution in [-0.4, -0.2) is 52.9 Å². The van der Waals surface area contributed by atoms with Crippen molar-refractivity contribution in [3.8, 4) is 0 Å². The van der Waals surface area contributed by atoms with Gasteiger partial charge in [0, 0.05) is 47.4 Å². The van der Waals surface area contributed by atoms with E-state index in [1.807, 2.05) is 36.1 Å². The minimum atomic E-state index is -3.75. The highest BCUT2D eigenvalue weighted by Gasteiger charge is 2.40. The van der Waals surface area contributed by atoms with Crippen LogP contribution in [0.1, 0.15) is 23.7 Å². The molecule has 1 fully saturated rings. The highest BCUT2D eigenvalue weighted by molar-refractivity contribution is 7.99. The van der Waals surface area contributed by atoms with Crippen molar-refractivity contribution in [1.29, 1.82) is 0 Å². The number of carbonyl (C=O) groups excluding carboxylic acids is 1. The van der Waals surface area contributed by atoms with E-state index in [0.717, 1.165) is 30.3 Å². The third-order valence-corrected chi connectivity index (χ3v) is 8.55. The molecule has 0 spiro atoms. The maximum absolute atomic E-state index is 13.6. The predicted molar refractivity (Wildman–Crippen MR) is 111 cm³/mol. The van der Waals surface area contributed by atoms with Crippen LogP contribution in [-0.2, 0) is 10.0 Å². The van der Waals surface area contributed by atoms with Crippen molar-refractivity contribution in [1.82, 2.24) is 8.87 Å². The summed E-state index contributed by atoms with van der Waals surface area (Å²) in [6.07, 6.45) is 8.42. The van der Waals surface area contributed by atoms with Gasteiger partial charge in [0.2, 0.25) is 10.0 Å². The van der Waals surface area contributed by atoms with Gasteiger partial charge in [0.25, 0.3) is 0 Å². The third kappa shape index (κ3) is 3.02. The molecule has 1 saturated heterocycles. The molecular weight excluding hydrogens is 380 g/mol. The molecule has 4 rings (SSSR count). The number of benzene rings is 1. The zero-order valence-corrected chi connectivity index (χ0v) is 16.8. The first-order valence-corrected chi connectivity index (χ1v) is 11.6. The number of fused-ring (bicyclic) bond motifs is 1. The number of rotatable bonds is 4. The Morgan fingerprint density at radius 3 is 2.67 bits per heavy atom. The fourth-order valence-corrected chi connectivity index (χ4v) is 6.32. The average molecular weight is 403 g/mol. The predicted octanol–water partition coefficient (Wildman–Crippen LogP) is 3.28. The molecule has 1 unspecified atom stereocenters. The molecule has 7 heteroatoms. The van der Waals surface area contributed by atoms with E-state index in [-0.39, 0.29) is 0 Å². The third-order valence-electron chi connectivity index (χ3n) is 5.33. The molecule has 2 heterocycles. The number of aromatic nitrogens is 1. The summed E-state index contributed by atoms with van der Waals surface area (Å²) >= 11 is 1.92. The van der Waals surface area contributed by atoms with Crippen LogP contribution in [0.4, 0.5) is 0 Å². The standard InChI is InChI=1S/C20H22N2O3S2/c1-20(8-4-5-17(13-20)21-9-11-26-12-10-21)27(24,25)22-14-16(15-23)18-6-2-3-7-19(18)22/h2-7,13-15H,8-12H2,1H3. The Morgan fingerprint density at radius 2 is 1.93 bits per heavy atom. The van der Waals surface area contributed by atoms with Crippen LogP contribution in [0.5, 0.6) is 0 Å². The summed E-state index contributed by atoms with van der Waals surface area (Å²) in [5, 5.41) is 0.656. The fourth-order valence-electron chi connectivity index (χ4n) is 3.72. The zero-order valence-electron chi connectivity index (χ0n) is 15.2. The molecule has 0 bridgehead atoms. The SMILES string of the molecule is CC1(S(=O)(=O)n2cc(C=O)c3ccccc32)C=C(N2CCSCC2)C=CC1. The van der Waals surface area contributed by atoms with Crippen molar-refractivity contribution in [3.63, 3.8) is 0 Å². The van der Waals surface area contributed by atoms with E-state index in [9.17, 15) is 13.2 Å². The molecule has 1 aliphatic carbocycles. The second-order valence-corrected chi connectivity index (χ2v) is 10.6. The topological polar surface area (TPSA) is 59.4 Å². The molecule has 2 aliphatic rings. The van der Waals surface area contributed by atoms with Crippen LogP contribution in [0.2, 0.25) is 0 Å². The number of carbonyl (C=O) groups is 1. The van der Waals surface area contributed by atoms with Gasteiger partial charge in [-0.3, -0.25) is 4.79 Å². The lowest BCUT2D eigenvalue weighted by Crippen LogP contribution is -2.41. The number of nitrogens with zero attached hydrogens (tertiary/aromatic N) is 2. The zero-order chi connectivity index (χ0) is 19.1. The first-order valence-electron chi connectivity index (χ1n) is 8.99. The van der Waals surface area contributed by atoms with Crippen LogP contribution < -0.4 is 0 Å². The van der Waals surface area contributed by atoms with Gasteiger partial charge in [0.1, 0.15) is 4.75 Å². The number of thioether (sulfide) groups is 1. The summed E-state index contributed by atoms with van der Waals surface area (Å²) in [7, 11) is -3.75. The van der Waals surface area contributed by atoms with E-state index in [2.05, 4.69) is 4.90 Å². The summed E-state index contributed by atoms with van der Waals surface area (Å²) in [6.45, 7) is 3.62. The molecule has 1 aromatic heterocycles. The molecule has 0 radical (unpaired) electrons. The Labute approximate surface area is 163 Å². The Morgan fingerprint density at radius 1 is 1.19 bits per heavy atom. The van der Waals surface area contributed by atoms with Crippen molar-refractivity contribution in [2.75, 3.05) is 24.6 Å².